The molecule has 0 spiro atoms. The molecule has 2 rings (SSSR count). The SMILES string of the molecule is CCCCC(CC)Cn1c(CCl)nc2c(OC)cccc21. The van der Waals surface area contributed by atoms with Crippen molar-refractivity contribution < 1.29 is 4.74 Å². The quantitative estimate of drug-likeness (QED) is 0.642. The van der Waals surface area contributed by atoms with E-state index in [0.717, 1.165) is 29.2 Å². The van der Waals surface area contributed by atoms with Crippen molar-refractivity contribution in [1.82, 2.24) is 9.55 Å². The third-order valence-corrected chi connectivity index (χ3v) is 4.38. The first-order chi connectivity index (χ1) is 10.2. The highest BCUT2D eigenvalue weighted by molar-refractivity contribution is 6.16. The van der Waals surface area contributed by atoms with Crippen molar-refractivity contribution in [2.75, 3.05) is 7.11 Å². The third-order valence-electron chi connectivity index (χ3n) is 4.14. The number of halogens is 1. The van der Waals surface area contributed by atoms with Gasteiger partial charge in [-0.15, -0.1) is 11.6 Å². The summed E-state index contributed by atoms with van der Waals surface area (Å²) >= 11 is 6.11. The van der Waals surface area contributed by atoms with Crippen LogP contribution in [0.2, 0.25) is 0 Å². The summed E-state index contributed by atoms with van der Waals surface area (Å²) in [6.07, 6.45) is 4.98. The van der Waals surface area contributed by atoms with Gasteiger partial charge in [0.1, 0.15) is 17.1 Å². The first-order valence-electron chi connectivity index (χ1n) is 7.83. The smallest absolute Gasteiger partial charge is 0.146 e. The minimum atomic E-state index is 0.433. The Labute approximate surface area is 132 Å². The Balaban J connectivity index is 2.37. The highest BCUT2D eigenvalue weighted by atomic mass is 35.5. The maximum atomic E-state index is 6.11. The van der Waals surface area contributed by atoms with Gasteiger partial charge in [-0.3, -0.25) is 0 Å². The molecule has 1 aromatic carbocycles. The molecule has 4 heteroatoms. The van der Waals surface area contributed by atoms with Crippen LogP contribution in [0.3, 0.4) is 0 Å². The lowest BCUT2D eigenvalue weighted by atomic mass is 9.99. The number of aromatic nitrogens is 2. The molecule has 0 radical (unpaired) electrons. The molecule has 0 N–H and O–H groups in total. The van der Waals surface area contributed by atoms with E-state index in [1.54, 1.807) is 7.11 Å². The Hall–Kier alpha value is -1.22. The van der Waals surface area contributed by atoms with E-state index in [9.17, 15) is 0 Å². The van der Waals surface area contributed by atoms with Crippen LogP contribution >= 0.6 is 11.6 Å². The van der Waals surface area contributed by atoms with Crippen molar-refractivity contribution in [1.29, 1.82) is 0 Å². The minimum Gasteiger partial charge on any atom is -0.494 e. The molecular formula is C17H25ClN2O. The second-order valence-electron chi connectivity index (χ2n) is 5.52. The summed E-state index contributed by atoms with van der Waals surface area (Å²) in [5, 5.41) is 0. The number of benzene rings is 1. The molecule has 1 aromatic heterocycles. The van der Waals surface area contributed by atoms with E-state index in [4.69, 9.17) is 16.3 Å². The van der Waals surface area contributed by atoms with Gasteiger partial charge in [0.05, 0.1) is 18.5 Å². The lowest BCUT2D eigenvalue weighted by Gasteiger charge is -2.17. The number of imidazole rings is 1. The number of rotatable bonds is 8. The Morgan fingerprint density at radius 2 is 2.14 bits per heavy atom. The van der Waals surface area contributed by atoms with E-state index in [0.29, 0.717) is 11.8 Å². The summed E-state index contributed by atoms with van der Waals surface area (Å²) in [5.41, 5.74) is 2.04. The first kappa shape index (κ1) is 16.2. The number of unbranched alkanes of at least 4 members (excludes halogenated alkanes) is 1. The van der Waals surface area contributed by atoms with Gasteiger partial charge in [-0.2, -0.15) is 0 Å². The number of ether oxygens (including phenoxy) is 1. The molecule has 0 saturated carbocycles. The molecule has 0 aliphatic heterocycles. The molecule has 0 aliphatic carbocycles. The van der Waals surface area contributed by atoms with Crippen LogP contribution in [0.25, 0.3) is 11.0 Å². The fourth-order valence-electron chi connectivity index (χ4n) is 2.82. The Morgan fingerprint density at radius 3 is 2.76 bits per heavy atom. The summed E-state index contributed by atoms with van der Waals surface area (Å²) < 4.78 is 7.69. The standard InChI is InChI=1S/C17H25ClN2O/c1-4-6-8-13(5-2)12-20-14-9-7-10-15(21-3)17(14)19-16(20)11-18/h7,9-10,13H,4-6,8,11-12H2,1-3H3. The van der Waals surface area contributed by atoms with Gasteiger partial charge in [0.25, 0.3) is 0 Å². The fourth-order valence-corrected chi connectivity index (χ4v) is 3.02. The van der Waals surface area contributed by atoms with Gasteiger partial charge in [-0.05, 0) is 24.5 Å². The number of hydrogen-bond acceptors (Lipinski definition) is 2. The van der Waals surface area contributed by atoms with Crippen LogP contribution < -0.4 is 4.74 Å². The number of fused-ring (bicyclic) bond motifs is 1. The second kappa shape index (κ2) is 7.69. The van der Waals surface area contributed by atoms with Gasteiger partial charge in [0.2, 0.25) is 0 Å². The molecule has 21 heavy (non-hydrogen) atoms. The zero-order valence-corrected chi connectivity index (χ0v) is 14.0. The van der Waals surface area contributed by atoms with Crippen LogP contribution in [0, 0.1) is 5.92 Å². The highest BCUT2D eigenvalue weighted by Gasteiger charge is 2.16. The lowest BCUT2D eigenvalue weighted by Crippen LogP contribution is -2.12. The molecule has 1 unspecified atom stereocenters. The van der Waals surface area contributed by atoms with Crippen molar-refractivity contribution in [3.8, 4) is 5.75 Å². The average Bonchev–Trinajstić information content (AvgIpc) is 2.88. The molecule has 1 heterocycles. The van der Waals surface area contributed by atoms with Gasteiger partial charge in [-0.1, -0.05) is 39.2 Å². The van der Waals surface area contributed by atoms with Crippen LogP contribution in [0.15, 0.2) is 18.2 Å². The van der Waals surface area contributed by atoms with Gasteiger partial charge < -0.3 is 9.30 Å². The maximum Gasteiger partial charge on any atom is 0.146 e. The Morgan fingerprint density at radius 1 is 1.33 bits per heavy atom. The average molecular weight is 309 g/mol. The van der Waals surface area contributed by atoms with Crippen LogP contribution in [0.5, 0.6) is 5.75 Å². The maximum absolute atomic E-state index is 6.11. The number of methoxy groups -OCH3 is 1. The largest absolute Gasteiger partial charge is 0.494 e. The molecular weight excluding hydrogens is 284 g/mol. The van der Waals surface area contributed by atoms with Gasteiger partial charge in [0.15, 0.2) is 0 Å². The molecule has 0 bridgehead atoms. The summed E-state index contributed by atoms with van der Waals surface area (Å²) in [5.74, 6) is 2.86. The van der Waals surface area contributed by atoms with Crippen molar-refractivity contribution in [3.63, 3.8) is 0 Å². The van der Waals surface area contributed by atoms with Gasteiger partial charge in [0, 0.05) is 6.54 Å². The van der Waals surface area contributed by atoms with Crippen molar-refractivity contribution in [2.24, 2.45) is 5.92 Å². The zero-order chi connectivity index (χ0) is 15.2. The molecule has 116 valence electrons. The van der Waals surface area contributed by atoms with Crippen molar-refractivity contribution in [3.05, 3.63) is 24.0 Å². The minimum absolute atomic E-state index is 0.433. The van der Waals surface area contributed by atoms with Crippen LogP contribution in [0.1, 0.15) is 45.4 Å². The molecule has 1 atom stereocenters. The first-order valence-corrected chi connectivity index (χ1v) is 8.36. The predicted octanol–water partition coefficient (Wildman–Crippen LogP) is 5.00. The van der Waals surface area contributed by atoms with Crippen LogP contribution in [0.4, 0.5) is 0 Å². The zero-order valence-electron chi connectivity index (χ0n) is 13.2. The molecule has 2 aromatic rings. The Bertz CT molecular complexity index is 579. The monoisotopic (exact) mass is 308 g/mol. The summed E-state index contributed by atoms with van der Waals surface area (Å²) in [4.78, 5) is 4.68. The lowest BCUT2D eigenvalue weighted by molar-refractivity contribution is 0.391. The second-order valence-corrected chi connectivity index (χ2v) is 5.78. The van der Waals surface area contributed by atoms with Gasteiger partial charge >= 0.3 is 0 Å². The summed E-state index contributed by atoms with van der Waals surface area (Å²) in [6, 6.07) is 6.07. The van der Waals surface area contributed by atoms with Crippen LogP contribution in [-0.2, 0) is 12.4 Å². The normalized spacial score (nSPS) is 12.8. The van der Waals surface area contributed by atoms with E-state index in [-0.39, 0.29) is 0 Å². The van der Waals surface area contributed by atoms with Gasteiger partial charge in [-0.25, -0.2) is 4.98 Å². The molecule has 0 saturated heterocycles. The van der Waals surface area contributed by atoms with E-state index < -0.39 is 0 Å². The molecule has 0 fully saturated rings. The molecule has 0 amide bonds. The highest BCUT2D eigenvalue weighted by Crippen LogP contribution is 2.28. The van der Waals surface area contributed by atoms with Crippen molar-refractivity contribution in [2.45, 2.75) is 52.0 Å². The number of para-hydroxylation sites is 1. The summed E-state index contributed by atoms with van der Waals surface area (Å²) in [7, 11) is 1.68. The fraction of sp³-hybridized carbons (Fsp3) is 0.588. The van der Waals surface area contributed by atoms with E-state index in [1.165, 1.54) is 25.7 Å². The topological polar surface area (TPSA) is 27.1 Å². The summed E-state index contributed by atoms with van der Waals surface area (Å²) in [6.45, 7) is 5.50. The van der Waals surface area contributed by atoms with E-state index in [2.05, 4.69) is 29.5 Å². The third kappa shape index (κ3) is 3.52. The van der Waals surface area contributed by atoms with Crippen LogP contribution in [-0.4, -0.2) is 16.7 Å². The predicted molar refractivity (Wildman–Crippen MR) is 89.1 cm³/mol. The molecule has 0 aliphatic rings. The number of alkyl halides is 1. The molecule has 3 nitrogen and oxygen atoms in total. The number of hydrogen-bond donors (Lipinski definition) is 0. The Kier molecular flexibility index (Phi) is 5.92. The van der Waals surface area contributed by atoms with E-state index in [1.807, 2.05) is 12.1 Å². The number of nitrogens with zero attached hydrogens (tertiary/aromatic N) is 2. The van der Waals surface area contributed by atoms with Crippen molar-refractivity contribution >= 4 is 22.6 Å². The van der Waals surface area contributed by atoms with E-state index >= 15 is 0 Å².